The molecule has 1 saturated heterocycles. The minimum Gasteiger partial charge on any atom is -0.381 e. The van der Waals surface area contributed by atoms with Gasteiger partial charge in [0.2, 0.25) is 0 Å². The van der Waals surface area contributed by atoms with E-state index < -0.39 is 0 Å². The monoisotopic (exact) mass is 208 g/mol. The molecule has 2 rings (SSSR count). The Morgan fingerprint density at radius 1 is 1.73 bits per heavy atom. The van der Waals surface area contributed by atoms with Gasteiger partial charge >= 0.3 is 0 Å². The highest BCUT2D eigenvalue weighted by atomic mass is 16.5. The molecular weight excluding hydrogens is 192 g/mol. The Morgan fingerprint density at radius 3 is 3.13 bits per heavy atom. The van der Waals surface area contributed by atoms with Gasteiger partial charge in [-0.25, -0.2) is 0 Å². The van der Waals surface area contributed by atoms with Gasteiger partial charge in [-0.3, -0.25) is 9.48 Å². The number of Topliss-reactive ketones (excluding diaryl/α,β-unsaturated/α-hetero) is 1. The van der Waals surface area contributed by atoms with Gasteiger partial charge in [0.1, 0.15) is 5.69 Å². The zero-order chi connectivity index (χ0) is 10.8. The first-order chi connectivity index (χ1) is 7.22. The molecule has 1 aromatic rings. The van der Waals surface area contributed by atoms with E-state index in [2.05, 4.69) is 5.10 Å². The Bertz CT molecular complexity index is 365. The maximum Gasteiger partial charge on any atom is 0.186 e. The summed E-state index contributed by atoms with van der Waals surface area (Å²) < 4.78 is 7.00. The molecule has 0 radical (unpaired) electrons. The number of ether oxygens (including phenoxy) is 1. The van der Waals surface area contributed by atoms with Crippen molar-refractivity contribution in [2.75, 3.05) is 13.2 Å². The van der Waals surface area contributed by atoms with Gasteiger partial charge in [0, 0.05) is 19.1 Å². The topological polar surface area (TPSA) is 44.1 Å². The minimum absolute atomic E-state index is 0.0337. The van der Waals surface area contributed by atoms with Crippen molar-refractivity contribution in [3.8, 4) is 0 Å². The zero-order valence-corrected chi connectivity index (χ0v) is 9.19. The smallest absolute Gasteiger partial charge is 0.186 e. The SMILES string of the molecule is CCn1nc(C)cc1C(=O)C1CCOC1. The van der Waals surface area contributed by atoms with Crippen LogP contribution in [-0.4, -0.2) is 28.8 Å². The summed E-state index contributed by atoms with van der Waals surface area (Å²) in [6, 6.07) is 1.87. The second kappa shape index (κ2) is 4.14. The van der Waals surface area contributed by atoms with Gasteiger partial charge in [0.15, 0.2) is 5.78 Å². The van der Waals surface area contributed by atoms with Crippen molar-refractivity contribution < 1.29 is 9.53 Å². The minimum atomic E-state index is 0.0337. The van der Waals surface area contributed by atoms with Crippen molar-refractivity contribution in [1.82, 2.24) is 9.78 Å². The summed E-state index contributed by atoms with van der Waals surface area (Å²) >= 11 is 0. The largest absolute Gasteiger partial charge is 0.381 e. The van der Waals surface area contributed by atoms with E-state index in [1.165, 1.54) is 0 Å². The molecule has 0 bridgehead atoms. The lowest BCUT2D eigenvalue weighted by Crippen LogP contribution is -2.18. The second-order valence-corrected chi connectivity index (χ2v) is 3.91. The van der Waals surface area contributed by atoms with Crippen LogP contribution in [0.25, 0.3) is 0 Å². The highest BCUT2D eigenvalue weighted by Gasteiger charge is 2.27. The summed E-state index contributed by atoms with van der Waals surface area (Å²) in [6.45, 7) is 5.91. The number of hydrogen-bond acceptors (Lipinski definition) is 3. The molecule has 0 aliphatic carbocycles. The number of ketones is 1. The molecule has 1 fully saturated rings. The lowest BCUT2D eigenvalue weighted by molar-refractivity contribution is 0.0889. The fraction of sp³-hybridized carbons (Fsp3) is 0.636. The molecule has 0 spiro atoms. The number of hydrogen-bond donors (Lipinski definition) is 0. The Labute approximate surface area is 89.2 Å². The molecule has 0 amide bonds. The number of carbonyl (C=O) groups excluding carboxylic acids is 1. The van der Waals surface area contributed by atoms with Gasteiger partial charge in [-0.15, -0.1) is 0 Å². The van der Waals surface area contributed by atoms with Crippen LogP contribution in [0.2, 0.25) is 0 Å². The third kappa shape index (κ3) is 1.95. The molecule has 1 aliphatic heterocycles. The normalized spacial score (nSPS) is 20.8. The summed E-state index contributed by atoms with van der Waals surface area (Å²) in [6.07, 6.45) is 0.840. The first-order valence-corrected chi connectivity index (χ1v) is 5.38. The van der Waals surface area contributed by atoms with Gasteiger partial charge in [-0.1, -0.05) is 0 Å². The molecule has 0 saturated carbocycles. The summed E-state index contributed by atoms with van der Waals surface area (Å²) in [5.74, 6) is 0.210. The Morgan fingerprint density at radius 2 is 2.53 bits per heavy atom. The van der Waals surface area contributed by atoms with Crippen LogP contribution in [-0.2, 0) is 11.3 Å². The van der Waals surface area contributed by atoms with E-state index in [-0.39, 0.29) is 11.7 Å². The predicted molar refractivity (Wildman–Crippen MR) is 55.9 cm³/mol. The molecule has 1 atom stereocenters. The molecule has 2 heterocycles. The molecule has 4 heteroatoms. The van der Waals surface area contributed by atoms with Gasteiger partial charge in [0.25, 0.3) is 0 Å². The molecule has 0 aromatic carbocycles. The molecule has 1 unspecified atom stereocenters. The van der Waals surface area contributed by atoms with Gasteiger partial charge in [-0.2, -0.15) is 5.10 Å². The van der Waals surface area contributed by atoms with E-state index >= 15 is 0 Å². The average Bonchev–Trinajstić information content (AvgIpc) is 2.84. The van der Waals surface area contributed by atoms with Crippen molar-refractivity contribution in [3.05, 3.63) is 17.5 Å². The molecule has 15 heavy (non-hydrogen) atoms. The fourth-order valence-electron chi connectivity index (χ4n) is 1.94. The van der Waals surface area contributed by atoms with Crippen molar-refractivity contribution in [2.45, 2.75) is 26.8 Å². The van der Waals surface area contributed by atoms with Crippen molar-refractivity contribution in [1.29, 1.82) is 0 Å². The summed E-state index contributed by atoms with van der Waals surface area (Å²) in [5, 5.41) is 4.28. The summed E-state index contributed by atoms with van der Waals surface area (Å²) in [5.41, 5.74) is 1.63. The highest BCUT2D eigenvalue weighted by Crippen LogP contribution is 2.19. The summed E-state index contributed by atoms with van der Waals surface area (Å²) in [7, 11) is 0. The lowest BCUT2D eigenvalue weighted by atomic mass is 10.0. The molecular formula is C11H16N2O2. The van der Waals surface area contributed by atoms with Crippen LogP contribution in [0.5, 0.6) is 0 Å². The fourth-order valence-corrected chi connectivity index (χ4v) is 1.94. The number of nitrogens with zero attached hydrogens (tertiary/aromatic N) is 2. The third-order valence-corrected chi connectivity index (χ3v) is 2.75. The first-order valence-electron chi connectivity index (χ1n) is 5.38. The molecule has 0 N–H and O–H groups in total. The van der Waals surface area contributed by atoms with Crippen LogP contribution < -0.4 is 0 Å². The van der Waals surface area contributed by atoms with Gasteiger partial charge in [-0.05, 0) is 26.3 Å². The standard InChI is InChI=1S/C11H16N2O2/c1-3-13-10(6-8(2)12-13)11(14)9-4-5-15-7-9/h6,9H,3-5,7H2,1-2H3. The lowest BCUT2D eigenvalue weighted by Gasteiger charge is -2.07. The zero-order valence-electron chi connectivity index (χ0n) is 9.19. The van der Waals surface area contributed by atoms with E-state index in [1.54, 1.807) is 4.68 Å². The van der Waals surface area contributed by atoms with E-state index in [0.29, 0.717) is 13.2 Å². The van der Waals surface area contributed by atoms with Crippen LogP contribution in [0.4, 0.5) is 0 Å². The van der Waals surface area contributed by atoms with Crippen LogP contribution >= 0.6 is 0 Å². The van der Waals surface area contributed by atoms with Crippen molar-refractivity contribution in [3.63, 3.8) is 0 Å². The van der Waals surface area contributed by atoms with Crippen molar-refractivity contribution >= 4 is 5.78 Å². The molecule has 4 nitrogen and oxygen atoms in total. The van der Waals surface area contributed by atoms with E-state index in [4.69, 9.17) is 4.74 Å². The Balaban J connectivity index is 2.23. The van der Waals surface area contributed by atoms with Gasteiger partial charge in [0.05, 0.1) is 12.3 Å². The molecule has 1 aliphatic rings. The number of aryl methyl sites for hydroxylation is 2. The summed E-state index contributed by atoms with van der Waals surface area (Å²) in [4.78, 5) is 12.1. The van der Waals surface area contributed by atoms with Crippen LogP contribution in [0.15, 0.2) is 6.07 Å². The average molecular weight is 208 g/mol. The van der Waals surface area contributed by atoms with E-state index in [0.717, 1.165) is 24.4 Å². The van der Waals surface area contributed by atoms with E-state index in [9.17, 15) is 4.79 Å². The van der Waals surface area contributed by atoms with Crippen LogP contribution in [0.3, 0.4) is 0 Å². The maximum absolute atomic E-state index is 12.1. The Hall–Kier alpha value is -1.16. The number of rotatable bonds is 3. The van der Waals surface area contributed by atoms with E-state index in [1.807, 2.05) is 19.9 Å². The second-order valence-electron chi connectivity index (χ2n) is 3.91. The third-order valence-electron chi connectivity index (χ3n) is 2.75. The maximum atomic E-state index is 12.1. The number of aromatic nitrogens is 2. The van der Waals surface area contributed by atoms with Crippen LogP contribution in [0.1, 0.15) is 29.5 Å². The quantitative estimate of drug-likeness (QED) is 0.706. The van der Waals surface area contributed by atoms with Gasteiger partial charge < -0.3 is 4.74 Å². The predicted octanol–water partition coefficient (Wildman–Crippen LogP) is 1.43. The first kappa shape index (κ1) is 10.4. The van der Waals surface area contributed by atoms with Crippen LogP contribution in [0, 0.1) is 12.8 Å². The number of carbonyl (C=O) groups is 1. The highest BCUT2D eigenvalue weighted by molar-refractivity contribution is 5.96. The molecule has 82 valence electrons. The molecule has 1 aromatic heterocycles. The van der Waals surface area contributed by atoms with Crippen molar-refractivity contribution in [2.24, 2.45) is 5.92 Å². The Kier molecular flexibility index (Phi) is 2.86.